The quantitative estimate of drug-likeness (QED) is 0.106. The molecular formula is C49H42F2N6O5. The largest absolute Gasteiger partial charge is 0.480 e. The molecule has 312 valence electrons. The maximum atomic E-state index is 13.4. The highest BCUT2D eigenvalue weighted by molar-refractivity contribution is 5.81. The van der Waals surface area contributed by atoms with Crippen LogP contribution in [0.4, 0.5) is 8.78 Å². The van der Waals surface area contributed by atoms with Gasteiger partial charge < -0.3 is 10.1 Å². The molecular weight excluding hydrogens is 791 g/mol. The van der Waals surface area contributed by atoms with Gasteiger partial charge in [0.15, 0.2) is 5.78 Å². The smallest absolute Gasteiger partial charge is 0.323 e. The molecule has 62 heavy (non-hydrogen) atoms. The van der Waals surface area contributed by atoms with Crippen LogP contribution in [0, 0.1) is 11.6 Å². The molecule has 11 nitrogen and oxygen atoms in total. The Bertz CT molecular complexity index is 2880. The fourth-order valence-electron chi connectivity index (χ4n) is 7.05. The van der Waals surface area contributed by atoms with Crippen LogP contribution < -0.4 is 11.1 Å². The lowest BCUT2D eigenvalue weighted by atomic mass is 10.1. The van der Waals surface area contributed by atoms with Crippen molar-refractivity contribution in [3.8, 4) is 22.5 Å². The van der Waals surface area contributed by atoms with Gasteiger partial charge in [0, 0.05) is 35.4 Å². The molecule has 0 spiro atoms. The van der Waals surface area contributed by atoms with Crippen molar-refractivity contribution >= 4 is 22.7 Å². The Kier molecular flexibility index (Phi) is 13.7. The number of aryl methyl sites for hydroxylation is 5. The van der Waals surface area contributed by atoms with Gasteiger partial charge >= 0.3 is 5.97 Å². The number of aromatic nitrogens is 6. The Morgan fingerprint density at radius 3 is 1.58 bits per heavy atom. The van der Waals surface area contributed by atoms with E-state index >= 15 is 0 Å². The number of halogens is 2. The zero-order chi connectivity index (χ0) is 43.4. The first-order valence-corrected chi connectivity index (χ1v) is 20.0. The van der Waals surface area contributed by atoms with E-state index in [1.54, 1.807) is 55.0 Å². The van der Waals surface area contributed by atoms with Gasteiger partial charge in [-0.1, -0.05) is 84.9 Å². The molecule has 13 heteroatoms. The first kappa shape index (κ1) is 42.5. The molecule has 8 aromatic rings. The average Bonchev–Trinajstić information content (AvgIpc) is 3.71. The topological polar surface area (TPSA) is 153 Å². The number of aliphatic carboxylic acids is 1. The van der Waals surface area contributed by atoms with Gasteiger partial charge in [-0.05, 0) is 90.8 Å². The molecule has 0 atom stereocenters. The Morgan fingerprint density at radius 1 is 0.597 bits per heavy atom. The van der Waals surface area contributed by atoms with Crippen molar-refractivity contribution in [3.63, 3.8) is 0 Å². The summed E-state index contributed by atoms with van der Waals surface area (Å²) in [4.78, 5) is 66.6. The fraction of sp³-hybridized carbons (Fsp3) is 0.163. The number of carbonyl (C=O) groups is 2. The molecule has 0 saturated carbocycles. The van der Waals surface area contributed by atoms with Gasteiger partial charge in [-0.3, -0.25) is 43.3 Å². The van der Waals surface area contributed by atoms with Crippen LogP contribution in [0.5, 0.6) is 0 Å². The summed E-state index contributed by atoms with van der Waals surface area (Å²) in [6.45, 7) is -0.466. The second-order valence-corrected chi connectivity index (χ2v) is 14.6. The normalized spacial score (nSPS) is 10.9. The van der Waals surface area contributed by atoms with Crippen molar-refractivity contribution in [3.05, 3.63) is 207 Å². The van der Waals surface area contributed by atoms with E-state index in [2.05, 4.69) is 19.9 Å². The second kappa shape index (κ2) is 20.1. The van der Waals surface area contributed by atoms with E-state index in [9.17, 15) is 33.1 Å². The van der Waals surface area contributed by atoms with Gasteiger partial charge in [0.1, 0.15) is 29.6 Å². The summed E-state index contributed by atoms with van der Waals surface area (Å²) in [6.07, 6.45) is 9.36. The number of H-pyrrole nitrogens is 1. The number of carboxylic acid groups (broad SMARTS) is 1. The fourth-order valence-corrected chi connectivity index (χ4v) is 7.05. The molecule has 0 aliphatic carbocycles. The predicted molar refractivity (Wildman–Crippen MR) is 233 cm³/mol. The lowest BCUT2D eigenvalue weighted by Crippen LogP contribution is -2.30. The molecule has 0 unspecified atom stereocenters. The number of rotatable bonds is 15. The molecule has 8 rings (SSSR count). The summed E-state index contributed by atoms with van der Waals surface area (Å²) in [6, 6.07) is 34.7. The minimum absolute atomic E-state index is 0.0308. The number of carbonyl (C=O) groups excluding carboxylic acids is 1. The van der Waals surface area contributed by atoms with Crippen LogP contribution in [0.1, 0.15) is 34.6 Å². The summed E-state index contributed by atoms with van der Waals surface area (Å²) in [7, 11) is 0. The number of carboxylic acids is 1. The van der Waals surface area contributed by atoms with Gasteiger partial charge in [-0.15, -0.1) is 0 Å². The lowest BCUT2D eigenvalue weighted by molar-refractivity contribution is -0.137. The van der Waals surface area contributed by atoms with E-state index in [1.807, 2.05) is 60.7 Å². The van der Waals surface area contributed by atoms with Crippen molar-refractivity contribution in [1.29, 1.82) is 0 Å². The first-order valence-electron chi connectivity index (χ1n) is 20.0. The number of Topliss-reactive ketones (excluding diaryl/α,β-unsaturated/α-hetero) is 1. The molecule has 0 amide bonds. The molecule has 2 N–H and O–H groups in total. The number of nitrogens with one attached hydrogen (secondary N) is 1. The minimum Gasteiger partial charge on any atom is -0.480 e. The zero-order valence-corrected chi connectivity index (χ0v) is 33.6. The van der Waals surface area contributed by atoms with Crippen LogP contribution in [-0.4, -0.2) is 45.9 Å². The molecule has 4 aromatic heterocycles. The van der Waals surface area contributed by atoms with E-state index in [0.717, 1.165) is 38.9 Å². The Morgan fingerprint density at radius 2 is 1.10 bits per heavy atom. The van der Waals surface area contributed by atoms with Crippen LogP contribution in [0.2, 0.25) is 0 Å². The van der Waals surface area contributed by atoms with Crippen molar-refractivity contribution in [2.45, 2.75) is 51.6 Å². The molecule has 0 bridgehead atoms. The van der Waals surface area contributed by atoms with E-state index in [0.29, 0.717) is 55.6 Å². The Balaban J connectivity index is 0.000000197. The van der Waals surface area contributed by atoms with Gasteiger partial charge in [0.25, 0.3) is 11.1 Å². The minimum atomic E-state index is -1.10. The third-order valence-corrected chi connectivity index (χ3v) is 10.3. The van der Waals surface area contributed by atoms with Crippen molar-refractivity contribution < 1.29 is 23.5 Å². The zero-order valence-electron chi connectivity index (χ0n) is 33.6. The number of aromatic amines is 1. The highest BCUT2D eigenvalue weighted by Crippen LogP contribution is 2.20. The summed E-state index contributed by atoms with van der Waals surface area (Å²) in [5.41, 5.74) is 6.33. The highest BCUT2D eigenvalue weighted by atomic mass is 19.1. The Hall–Kier alpha value is -7.67. The number of pyridine rings is 1. The third kappa shape index (κ3) is 10.9. The molecule has 0 saturated heterocycles. The van der Waals surface area contributed by atoms with Gasteiger partial charge in [-0.25, -0.2) is 8.78 Å². The van der Waals surface area contributed by atoms with Crippen LogP contribution in [0.15, 0.2) is 156 Å². The van der Waals surface area contributed by atoms with Crippen molar-refractivity contribution in [2.75, 3.05) is 0 Å². The molecule has 4 heterocycles. The van der Waals surface area contributed by atoms with Crippen LogP contribution in [-0.2, 0) is 54.8 Å². The summed E-state index contributed by atoms with van der Waals surface area (Å²) >= 11 is 0. The van der Waals surface area contributed by atoms with Crippen LogP contribution in [0.3, 0.4) is 0 Å². The number of fused-ring (bicyclic) bond motifs is 1. The van der Waals surface area contributed by atoms with E-state index in [1.165, 1.54) is 39.6 Å². The summed E-state index contributed by atoms with van der Waals surface area (Å²) in [5, 5.41) is 10.2. The van der Waals surface area contributed by atoms with E-state index in [4.69, 9.17) is 0 Å². The SMILES string of the molecule is O=C(CCc1cc2cnccc2[nH]1)Cn1c(-c2ccccc2)cnc(CCc2ccc(F)cc2)c1=O.O=C(O)Cn1c(-c2ccccc2)cnc(CCc2ccc(F)cc2)c1=O. The molecule has 0 aliphatic rings. The van der Waals surface area contributed by atoms with Crippen molar-refractivity contribution in [1.82, 2.24) is 29.1 Å². The number of ketones is 1. The van der Waals surface area contributed by atoms with E-state index < -0.39 is 18.1 Å². The summed E-state index contributed by atoms with van der Waals surface area (Å²) in [5.74, 6) is -1.75. The van der Waals surface area contributed by atoms with Crippen LogP contribution >= 0.6 is 0 Å². The number of hydrogen-bond acceptors (Lipinski definition) is 7. The summed E-state index contributed by atoms with van der Waals surface area (Å²) < 4.78 is 28.9. The highest BCUT2D eigenvalue weighted by Gasteiger charge is 2.17. The van der Waals surface area contributed by atoms with Gasteiger partial charge in [0.2, 0.25) is 0 Å². The van der Waals surface area contributed by atoms with Gasteiger partial charge in [0.05, 0.1) is 30.3 Å². The number of hydrogen-bond donors (Lipinski definition) is 2. The second-order valence-electron chi connectivity index (χ2n) is 14.6. The Labute approximate surface area is 355 Å². The number of nitrogens with zero attached hydrogens (tertiary/aromatic N) is 5. The van der Waals surface area contributed by atoms with Crippen molar-refractivity contribution in [2.24, 2.45) is 0 Å². The predicted octanol–water partition coefficient (Wildman–Crippen LogP) is 7.83. The molecule has 0 aliphatic heterocycles. The van der Waals surface area contributed by atoms with Crippen LogP contribution in [0.25, 0.3) is 33.4 Å². The average molecular weight is 833 g/mol. The molecule has 4 aromatic carbocycles. The number of benzene rings is 4. The molecule has 0 fully saturated rings. The maximum absolute atomic E-state index is 13.4. The van der Waals surface area contributed by atoms with E-state index in [-0.39, 0.29) is 35.2 Å². The monoisotopic (exact) mass is 832 g/mol. The first-order chi connectivity index (χ1) is 30.1. The molecule has 0 radical (unpaired) electrons. The lowest BCUT2D eigenvalue weighted by Gasteiger charge is -2.14. The third-order valence-electron chi connectivity index (χ3n) is 10.3. The maximum Gasteiger partial charge on any atom is 0.323 e. The van der Waals surface area contributed by atoms with Gasteiger partial charge in [-0.2, -0.15) is 0 Å². The standard InChI is InChI=1S/C29H25FN4O2.C20H17FN2O3/c30-23-9-6-20(7-10-23)8-13-27-29(36)34(28(18-32-27)21-4-2-1-3-5-21)19-25(35)12-11-24-16-22-17-31-15-14-26(22)33-24;21-16-9-6-14(7-10-16)8-11-17-20(26)23(13-19(24)25)18(12-22-17)15-4-2-1-3-5-15/h1-7,9-10,14-18,33H,8,11-13,19H2;1-7,9-10,12H,8,11,13H2,(H,24,25).